The lowest BCUT2D eigenvalue weighted by molar-refractivity contribution is -0.118. The summed E-state index contributed by atoms with van der Waals surface area (Å²) in [6.45, 7) is 2.54. The zero-order chi connectivity index (χ0) is 15.8. The molecule has 0 aliphatic carbocycles. The number of carbonyl (C=O) groups is 2. The second-order valence-electron chi connectivity index (χ2n) is 4.37. The van der Waals surface area contributed by atoms with Gasteiger partial charge in [0.25, 0.3) is 0 Å². The second-order valence-corrected chi connectivity index (χ2v) is 5.34. The highest BCUT2D eigenvalue weighted by atomic mass is 32.2. The molecular weight excluding hydrogens is 302 g/mol. The Morgan fingerprint density at radius 3 is 2.82 bits per heavy atom. The van der Waals surface area contributed by atoms with Crippen LogP contribution in [0, 0.1) is 0 Å². The Morgan fingerprint density at radius 1 is 1.32 bits per heavy atom. The number of ether oxygens (including phenoxy) is 1. The number of carbonyl (C=O) groups excluding carboxylic acids is 2. The first-order valence-corrected chi connectivity index (χ1v) is 7.83. The number of aromatic nitrogens is 2. The molecule has 116 valence electrons. The minimum absolute atomic E-state index is 0.0945. The van der Waals surface area contributed by atoms with E-state index in [1.807, 2.05) is 30.3 Å². The summed E-state index contributed by atoms with van der Waals surface area (Å²) in [6, 6.07) is 9.68. The zero-order valence-corrected chi connectivity index (χ0v) is 13.0. The monoisotopic (exact) mass is 319 g/mol. The van der Waals surface area contributed by atoms with Crippen molar-refractivity contribution in [2.24, 2.45) is 0 Å². The Kier molecular flexibility index (Phi) is 6.02. The molecule has 7 heteroatoms. The van der Waals surface area contributed by atoms with Gasteiger partial charge in [0.2, 0.25) is 5.91 Å². The largest absolute Gasteiger partial charge is 0.461 e. The fraction of sp³-hybridized carbons (Fsp3) is 0.267. The maximum Gasteiger partial charge on any atom is 0.356 e. The van der Waals surface area contributed by atoms with Crippen LogP contribution in [0.2, 0.25) is 0 Å². The van der Waals surface area contributed by atoms with E-state index < -0.39 is 5.97 Å². The van der Waals surface area contributed by atoms with Crippen molar-refractivity contribution in [2.45, 2.75) is 18.6 Å². The van der Waals surface area contributed by atoms with Crippen LogP contribution >= 0.6 is 11.8 Å². The van der Waals surface area contributed by atoms with Gasteiger partial charge in [-0.25, -0.2) is 9.78 Å². The van der Waals surface area contributed by atoms with E-state index in [0.717, 1.165) is 5.56 Å². The van der Waals surface area contributed by atoms with E-state index in [1.54, 1.807) is 6.92 Å². The van der Waals surface area contributed by atoms with E-state index in [0.29, 0.717) is 18.3 Å². The van der Waals surface area contributed by atoms with E-state index in [-0.39, 0.29) is 17.4 Å². The maximum atomic E-state index is 11.8. The van der Waals surface area contributed by atoms with Crippen molar-refractivity contribution in [1.82, 2.24) is 15.3 Å². The van der Waals surface area contributed by atoms with Gasteiger partial charge in [0.15, 0.2) is 5.16 Å². The predicted octanol–water partition coefficient (Wildman–Crippen LogP) is 1.99. The van der Waals surface area contributed by atoms with Crippen molar-refractivity contribution in [3.8, 4) is 0 Å². The van der Waals surface area contributed by atoms with E-state index >= 15 is 0 Å². The number of thioether (sulfide) groups is 1. The summed E-state index contributed by atoms with van der Waals surface area (Å²) in [4.78, 5) is 30.1. The van der Waals surface area contributed by atoms with Gasteiger partial charge in [0.05, 0.1) is 18.6 Å². The summed E-state index contributed by atoms with van der Waals surface area (Å²) < 4.78 is 4.86. The second kappa shape index (κ2) is 8.23. The van der Waals surface area contributed by atoms with Gasteiger partial charge >= 0.3 is 5.97 Å². The van der Waals surface area contributed by atoms with Crippen molar-refractivity contribution >= 4 is 23.6 Å². The number of nitrogens with one attached hydrogen (secondary N) is 2. The molecule has 0 aliphatic heterocycles. The number of hydrogen-bond acceptors (Lipinski definition) is 5. The van der Waals surface area contributed by atoms with Crippen molar-refractivity contribution in [1.29, 1.82) is 0 Å². The van der Waals surface area contributed by atoms with Crippen LogP contribution in [-0.4, -0.2) is 34.2 Å². The van der Waals surface area contributed by atoms with Gasteiger partial charge in [0, 0.05) is 6.54 Å². The number of aromatic amines is 1. The minimum Gasteiger partial charge on any atom is -0.461 e. The van der Waals surface area contributed by atoms with E-state index in [9.17, 15) is 9.59 Å². The number of hydrogen-bond donors (Lipinski definition) is 2. The van der Waals surface area contributed by atoms with Crippen molar-refractivity contribution in [3.63, 3.8) is 0 Å². The van der Waals surface area contributed by atoms with Gasteiger partial charge < -0.3 is 15.0 Å². The molecule has 6 nitrogen and oxygen atoms in total. The fourth-order valence-corrected chi connectivity index (χ4v) is 2.35. The smallest absolute Gasteiger partial charge is 0.356 e. The Hall–Kier alpha value is -2.28. The molecule has 0 radical (unpaired) electrons. The van der Waals surface area contributed by atoms with Gasteiger partial charge in [0.1, 0.15) is 5.69 Å². The average Bonchev–Trinajstić information content (AvgIpc) is 3.01. The van der Waals surface area contributed by atoms with E-state index in [4.69, 9.17) is 4.74 Å². The molecule has 0 saturated carbocycles. The third-order valence-corrected chi connectivity index (χ3v) is 3.61. The van der Waals surface area contributed by atoms with Crippen molar-refractivity contribution < 1.29 is 14.3 Å². The molecule has 2 N–H and O–H groups in total. The summed E-state index contributed by atoms with van der Waals surface area (Å²) >= 11 is 1.23. The highest BCUT2D eigenvalue weighted by molar-refractivity contribution is 7.99. The molecule has 0 atom stereocenters. The molecule has 1 heterocycles. The summed E-state index contributed by atoms with van der Waals surface area (Å²) in [5.74, 6) is -0.318. The first kappa shape index (κ1) is 16.1. The Labute approximate surface area is 132 Å². The molecule has 0 fully saturated rings. The standard InChI is InChI=1S/C15H17N3O3S/c1-2-21-14(20)12-9-17-15(18-12)22-10-13(19)16-8-11-6-4-3-5-7-11/h3-7,9H,2,8,10H2,1H3,(H,16,19)(H,17,18). The van der Waals surface area contributed by atoms with Gasteiger partial charge in [-0.15, -0.1) is 0 Å². The third kappa shape index (κ3) is 4.92. The number of rotatable bonds is 7. The van der Waals surface area contributed by atoms with Crippen LogP contribution in [0.15, 0.2) is 41.7 Å². The molecule has 22 heavy (non-hydrogen) atoms. The van der Waals surface area contributed by atoms with Crippen LogP contribution in [0.25, 0.3) is 0 Å². The van der Waals surface area contributed by atoms with Crippen LogP contribution in [-0.2, 0) is 16.1 Å². The van der Waals surface area contributed by atoms with E-state index in [2.05, 4.69) is 15.3 Å². The minimum atomic E-state index is -0.449. The third-order valence-electron chi connectivity index (χ3n) is 2.72. The lowest BCUT2D eigenvalue weighted by atomic mass is 10.2. The summed E-state index contributed by atoms with van der Waals surface area (Å²) in [7, 11) is 0. The number of benzene rings is 1. The van der Waals surface area contributed by atoms with Crippen molar-refractivity contribution in [3.05, 3.63) is 47.8 Å². The molecule has 0 bridgehead atoms. The molecule has 1 aromatic heterocycles. The molecule has 1 aromatic carbocycles. The molecular formula is C15H17N3O3S. The average molecular weight is 319 g/mol. The highest BCUT2D eigenvalue weighted by Gasteiger charge is 2.11. The molecule has 0 unspecified atom stereocenters. The molecule has 0 saturated heterocycles. The number of nitrogens with zero attached hydrogens (tertiary/aromatic N) is 1. The van der Waals surface area contributed by atoms with Gasteiger partial charge in [-0.05, 0) is 12.5 Å². The highest BCUT2D eigenvalue weighted by Crippen LogP contribution is 2.13. The SMILES string of the molecule is CCOC(=O)c1cnc(SCC(=O)NCc2ccccc2)[nH]1. The van der Waals surface area contributed by atoms with Gasteiger partial charge in [-0.1, -0.05) is 42.1 Å². The number of imidazole rings is 1. The zero-order valence-electron chi connectivity index (χ0n) is 12.2. The number of H-pyrrole nitrogens is 1. The van der Waals surface area contributed by atoms with Crippen LogP contribution in [0.1, 0.15) is 23.0 Å². The summed E-state index contributed by atoms with van der Waals surface area (Å²) in [6.07, 6.45) is 1.40. The Bertz CT molecular complexity index is 628. The summed E-state index contributed by atoms with van der Waals surface area (Å²) in [5.41, 5.74) is 1.33. The molecule has 2 rings (SSSR count). The van der Waals surface area contributed by atoms with Crippen LogP contribution in [0.5, 0.6) is 0 Å². The molecule has 2 aromatic rings. The summed E-state index contributed by atoms with van der Waals surface area (Å²) in [5, 5.41) is 3.34. The topological polar surface area (TPSA) is 84.1 Å². The van der Waals surface area contributed by atoms with Crippen LogP contribution < -0.4 is 5.32 Å². The first-order valence-electron chi connectivity index (χ1n) is 6.84. The lowest BCUT2D eigenvalue weighted by Gasteiger charge is -2.04. The molecule has 0 spiro atoms. The molecule has 0 aliphatic rings. The normalized spacial score (nSPS) is 10.2. The Balaban J connectivity index is 1.75. The van der Waals surface area contributed by atoms with Crippen molar-refractivity contribution in [2.75, 3.05) is 12.4 Å². The first-order chi connectivity index (χ1) is 10.7. The lowest BCUT2D eigenvalue weighted by Crippen LogP contribution is -2.24. The molecule has 1 amide bonds. The van der Waals surface area contributed by atoms with Crippen LogP contribution in [0.3, 0.4) is 0 Å². The van der Waals surface area contributed by atoms with Gasteiger partial charge in [-0.2, -0.15) is 0 Å². The predicted molar refractivity (Wildman–Crippen MR) is 83.6 cm³/mol. The quantitative estimate of drug-likeness (QED) is 0.602. The number of esters is 1. The number of amides is 1. The van der Waals surface area contributed by atoms with Crippen LogP contribution in [0.4, 0.5) is 0 Å². The maximum absolute atomic E-state index is 11.8. The fourth-order valence-electron chi connectivity index (χ4n) is 1.67. The van der Waals surface area contributed by atoms with E-state index in [1.165, 1.54) is 18.0 Å². The van der Waals surface area contributed by atoms with Gasteiger partial charge in [-0.3, -0.25) is 4.79 Å². The Morgan fingerprint density at radius 2 is 2.09 bits per heavy atom.